The first-order chi connectivity index (χ1) is 10.5. The number of hydrogen-bond donors (Lipinski definition) is 1. The van der Waals surface area contributed by atoms with E-state index in [0.717, 1.165) is 30.6 Å². The van der Waals surface area contributed by atoms with Crippen LogP contribution in [0.3, 0.4) is 0 Å². The molecular formula is C16H24F3NO3. The predicted octanol–water partition coefficient (Wildman–Crippen LogP) is 3.46. The Labute approximate surface area is 134 Å². The zero-order valence-electron chi connectivity index (χ0n) is 13.6. The van der Waals surface area contributed by atoms with Crippen LogP contribution in [0.2, 0.25) is 0 Å². The summed E-state index contributed by atoms with van der Waals surface area (Å²) in [5, 5.41) is 9.05. The molecule has 0 aromatic carbocycles. The molecule has 1 saturated heterocycles. The lowest BCUT2D eigenvalue weighted by Gasteiger charge is -2.39. The van der Waals surface area contributed by atoms with Gasteiger partial charge >= 0.3 is 12.1 Å². The molecule has 2 rings (SSSR count). The van der Waals surface area contributed by atoms with Crippen molar-refractivity contribution in [3.63, 3.8) is 0 Å². The van der Waals surface area contributed by atoms with E-state index in [4.69, 9.17) is 5.11 Å². The number of rotatable bonds is 3. The lowest BCUT2D eigenvalue weighted by Crippen LogP contribution is -2.48. The van der Waals surface area contributed by atoms with E-state index in [9.17, 15) is 22.8 Å². The summed E-state index contributed by atoms with van der Waals surface area (Å²) < 4.78 is 39.5. The molecule has 2 atom stereocenters. The van der Waals surface area contributed by atoms with Crippen LogP contribution in [0.15, 0.2) is 0 Å². The van der Waals surface area contributed by atoms with Crippen LogP contribution in [0, 0.1) is 16.7 Å². The number of likely N-dealkylation sites (tertiary alicyclic amines) is 1. The molecule has 0 bridgehead atoms. The Balaban J connectivity index is 2.06. The molecule has 0 aromatic heterocycles. The fourth-order valence-electron chi connectivity index (χ4n) is 3.83. The zero-order chi connectivity index (χ0) is 17.5. The minimum Gasteiger partial charge on any atom is -0.481 e. The molecule has 1 heterocycles. The number of amides is 1. The summed E-state index contributed by atoms with van der Waals surface area (Å²) in [5.74, 6) is -2.09. The van der Waals surface area contributed by atoms with Gasteiger partial charge in [0.15, 0.2) is 5.41 Å². The van der Waals surface area contributed by atoms with E-state index in [0.29, 0.717) is 0 Å². The van der Waals surface area contributed by atoms with Crippen LogP contribution >= 0.6 is 0 Å². The third-order valence-electron chi connectivity index (χ3n) is 5.72. The van der Waals surface area contributed by atoms with Gasteiger partial charge in [-0.3, -0.25) is 9.59 Å². The minimum absolute atomic E-state index is 0.00154. The van der Waals surface area contributed by atoms with Gasteiger partial charge < -0.3 is 10.0 Å². The Bertz CT molecular complexity index is 489. The first kappa shape index (κ1) is 18.1. The highest BCUT2D eigenvalue weighted by Crippen LogP contribution is 2.47. The molecule has 4 nitrogen and oxygen atoms in total. The highest BCUT2D eigenvalue weighted by molar-refractivity contribution is 5.81. The van der Waals surface area contributed by atoms with Gasteiger partial charge in [0.1, 0.15) is 0 Å². The van der Waals surface area contributed by atoms with Crippen LogP contribution in [0.5, 0.6) is 0 Å². The number of hydrogen-bond acceptors (Lipinski definition) is 2. The first-order valence-electron chi connectivity index (χ1n) is 8.07. The molecule has 2 unspecified atom stereocenters. The summed E-state index contributed by atoms with van der Waals surface area (Å²) in [6.45, 7) is 3.27. The fourth-order valence-corrected chi connectivity index (χ4v) is 3.83. The van der Waals surface area contributed by atoms with E-state index in [1.165, 1.54) is 0 Å². The second-order valence-electron chi connectivity index (χ2n) is 7.59. The van der Waals surface area contributed by atoms with Gasteiger partial charge in [0.25, 0.3) is 0 Å². The summed E-state index contributed by atoms with van der Waals surface area (Å²) in [7, 11) is 0. The maximum absolute atomic E-state index is 13.2. The summed E-state index contributed by atoms with van der Waals surface area (Å²) in [5.41, 5.74) is -2.81. The molecule has 1 aliphatic heterocycles. The monoisotopic (exact) mass is 335 g/mol. The normalized spacial score (nSPS) is 31.2. The second-order valence-corrected chi connectivity index (χ2v) is 7.59. The van der Waals surface area contributed by atoms with Crippen molar-refractivity contribution in [3.05, 3.63) is 0 Å². The minimum atomic E-state index is -4.85. The highest BCUT2D eigenvalue weighted by Gasteiger charge is 2.64. The fraction of sp³-hybridized carbons (Fsp3) is 0.875. The molecule has 0 spiro atoms. The molecule has 1 saturated carbocycles. The SMILES string of the molecule is CC1(C)CCCCC1CC(=O)N1CCC(C(=O)O)(C(F)(F)F)C1. The van der Waals surface area contributed by atoms with Crippen molar-refractivity contribution < 1.29 is 27.9 Å². The quantitative estimate of drug-likeness (QED) is 0.859. The van der Waals surface area contributed by atoms with Crippen LogP contribution in [-0.4, -0.2) is 41.1 Å². The Morgan fingerprint density at radius 2 is 1.87 bits per heavy atom. The van der Waals surface area contributed by atoms with Crippen LogP contribution in [0.4, 0.5) is 13.2 Å². The van der Waals surface area contributed by atoms with E-state index in [-0.39, 0.29) is 30.2 Å². The van der Waals surface area contributed by atoms with Crippen LogP contribution in [0.1, 0.15) is 52.4 Å². The van der Waals surface area contributed by atoms with Crippen LogP contribution in [0.25, 0.3) is 0 Å². The first-order valence-corrected chi connectivity index (χ1v) is 8.07. The Morgan fingerprint density at radius 3 is 2.35 bits per heavy atom. The van der Waals surface area contributed by atoms with Gasteiger partial charge in [-0.25, -0.2) is 0 Å². The summed E-state index contributed by atoms with van der Waals surface area (Å²) in [4.78, 5) is 24.7. The Morgan fingerprint density at radius 1 is 1.22 bits per heavy atom. The van der Waals surface area contributed by atoms with Crippen molar-refractivity contribution in [3.8, 4) is 0 Å². The van der Waals surface area contributed by atoms with Gasteiger partial charge in [-0.15, -0.1) is 0 Å². The summed E-state index contributed by atoms with van der Waals surface area (Å²) >= 11 is 0. The number of carbonyl (C=O) groups is 2. The molecule has 23 heavy (non-hydrogen) atoms. The molecule has 7 heteroatoms. The molecule has 1 aliphatic carbocycles. The van der Waals surface area contributed by atoms with Gasteiger partial charge in [0.2, 0.25) is 5.91 Å². The van der Waals surface area contributed by atoms with Crippen molar-refractivity contribution in [2.75, 3.05) is 13.1 Å². The standard InChI is InChI=1S/C16H24F3NO3/c1-14(2)6-4-3-5-11(14)9-12(21)20-8-7-15(10-20,13(22)23)16(17,18)19/h11H,3-10H2,1-2H3,(H,22,23). The van der Waals surface area contributed by atoms with E-state index in [1.807, 2.05) is 0 Å². The topological polar surface area (TPSA) is 57.6 Å². The van der Waals surface area contributed by atoms with E-state index in [2.05, 4.69) is 13.8 Å². The number of carbonyl (C=O) groups excluding carboxylic acids is 1. The lowest BCUT2D eigenvalue weighted by molar-refractivity contribution is -0.227. The van der Waals surface area contributed by atoms with Crippen molar-refractivity contribution in [2.24, 2.45) is 16.7 Å². The molecule has 2 aliphatic rings. The Hall–Kier alpha value is -1.27. The average molecular weight is 335 g/mol. The smallest absolute Gasteiger partial charge is 0.406 e. The third-order valence-corrected chi connectivity index (χ3v) is 5.72. The summed E-state index contributed by atoms with van der Waals surface area (Å²) in [6, 6.07) is 0. The van der Waals surface area contributed by atoms with Crippen molar-refractivity contribution in [1.82, 2.24) is 4.90 Å². The molecule has 0 radical (unpaired) electrons. The van der Waals surface area contributed by atoms with Crippen molar-refractivity contribution in [2.45, 2.75) is 58.5 Å². The number of nitrogens with zero attached hydrogens (tertiary/aromatic N) is 1. The molecule has 2 fully saturated rings. The van der Waals surface area contributed by atoms with E-state index >= 15 is 0 Å². The van der Waals surface area contributed by atoms with Crippen LogP contribution < -0.4 is 0 Å². The maximum Gasteiger partial charge on any atom is 0.406 e. The van der Waals surface area contributed by atoms with Gasteiger partial charge in [-0.1, -0.05) is 26.7 Å². The Kier molecular flexibility index (Phi) is 4.70. The van der Waals surface area contributed by atoms with Gasteiger partial charge in [0, 0.05) is 19.5 Å². The largest absolute Gasteiger partial charge is 0.481 e. The van der Waals surface area contributed by atoms with E-state index < -0.39 is 30.5 Å². The lowest BCUT2D eigenvalue weighted by atomic mass is 9.67. The van der Waals surface area contributed by atoms with E-state index in [1.54, 1.807) is 0 Å². The molecule has 0 aromatic rings. The zero-order valence-corrected chi connectivity index (χ0v) is 13.6. The summed E-state index contributed by atoms with van der Waals surface area (Å²) in [6.07, 6.45) is -1.16. The number of aliphatic carboxylic acids is 1. The number of carboxylic acid groups (broad SMARTS) is 1. The van der Waals surface area contributed by atoms with Gasteiger partial charge in [0.05, 0.1) is 0 Å². The third kappa shape index (κ3) is 3.33. The number of alkyl halides is 3. The highest BCUT2D eigenvalue weighted by atomic mass is 19.4. The van der Waals surface area contributed by atoms with Gasteiger partial charge in [-0.2, -0.15) is 13.2 Å². The van der Waals surface area contributed by atoms with Crippen molar-refractivity contribution >= 4 is 11.9 Å². The molecule has 132 valence electrons. The van der Waals surface area contributed by atoms with Crippen LogP contribution in [-0.2, 0) is 9.59 Å². The predicted molar refractivity (Wildman–Crippen MR) is 77.7 cm³/mol. The number of carboxylic acids is 1. The average Bonchev–Trinajstić information content (AvgIpc) is 2.87. The number of halogens is 3. The van der Waals surface area contributed by atoms with Gasteiger partial charge in [-0.05, 0) is 30.6 Å². The van der Waals surface area contributed by atoms with Crippen molar-refractivity contribution in [1.29, 1.82) is 0 Å². The molecular weight excluding hydrogens is 311 g/mol. The maximum atomic E-state index is 13.2. The molecule has 1 amide bonds. The second kappa shape index (κ2) is 5.98. The molecule has 1 N–H and O–H groups in total.